The maximum Gasteiger partial charge on any atom is 1.00 e. The summed E-state index contributed by atoms with van der Waals surface area (Å²) in [5, 5.41) is 0. The van der Waals surface area contributed by atoms with Crippen molar-refractivity contribution in [1.82, 2.24) is 18.1 Å². The average Bonchev–Trinajstić information content (AvgIpc) is 3.66. The molecule has 10 heteroatoms. The number of aryl methyl sites for hydroxylation is 2. The second-order valence-electron chi connectivity index (χ2n) is 8.62. The first-order chi connectivity index (χ1) is 16.1. The smallest absolute Gasteiger partial charge is 0.479 e. The summed E-state index contributed by atoms with van der Waals surface area (Å²) in [5.41, 5.74) is 4.67. The first kappa shape index (κ1) is 27.4. The molecule has 0 radical (unpaired) electrons. The second kappa shape index (κ2) is 13.2. The Morgan fingerprint density at radius 1 is 0.618 bits per heavy atom. The van der Waals surface area contributed by atoms with Crippen LogP contribution in [0.1, 0.15) is 25.7 Å². The van der Waals surface area contributed by atoms with Crippen molar-refractivity contribution in [3.63, 3.8) is 0 Å². The van der Waals surface area contributed by atoms with E-state index in [1.807, 2.05) is 26.2 Å². The minimum atomic E-state index is -0.759. The molecule has 2 aromatic heterocycles. The van der Waals surface area contributed by atoms with Crippen LogP contribution in [0, 0.1) is 9.54 Å². The zero-order valence-corrected chi connectivity index (χ0v) is 24.3. The van der Waals surface area contributed by atoms with Crippen LogP contribution in [-0.2, 0) is 23.6 Å². The SMILES string of the molecule is C1CCOC1.C1CCOC1.Cn1c(=S)n([BH2-]n2c(=S)n(C)c3ccccc32)c2ccccc21.[Na+]. The Morgan fingerprint density at radius 2 is 0.941 bits per heavy atom. The van der Waals surface area contributed by atoms with Crippen molar-refractivity contribution >= 4 is 54.1 Å². The van der Waals surface area contributed by atoms with Crippen LogP contribution in [-0.4, -0.2) is 52.1 Å². The molecule has 0 N–H and O–H groups in total. The van der Waals surface area contributed by atoms with Crippen LogP contribution in [0.4, 0.5) is 0 Å². The third-order valence-electron chi connectivity index (χ3n) is 6.41. The van der Waals surface area contributed by atoms with Crippen molar-refractivity contribution < 1.29 is 39.0 Å². The van der Waals surface area contributed by atoms with Gasteiger partial charge in [-0.2, -0.15) is 0 Å². The van der Waals surface area contributed by atoms with E-state index in [1.54, 1.807) is 0 Å². The Balaban J connectivity index is 0.000000244. The van der Waals surface area contributed by atoms with Gasteiger partial charge in [0, 0.05) is 51.6 Å². The molecule has 4 heterocycles. The molecular weight excluding hydrogens is 474 g/mol. The number of ether oxygens (including phenoxy) is 2. The average molecular weight is 506 g/mol. The van der Waals surface area contributed by atoms with Crippen molar-refractivity contribution in [3.8, 4) is 0 Å². The number of rotatable bonds is 2. The maximum atomic E-state index is 5.67. The molecule has 0 bridgehead atoms. The van der Waals surface area contributed by atoms with Gasteiger partial charge in [-0.1, -0.05) is 24.3 Å². The number of aromatic nitrogens is 4. The molecule has 2 aliphatic heterocycles. The van der Waals surface area contributed by atoms with Crippen molar-refractivity contribution in [2.24, 2.45) is 14.1 Å². The molecule has 2 saturated heterocycles. The van der Waals surface area contributed by atoms with Crippen LogP contribution in [0.15, 0.2) is 48.5 Å². The van der Waals surface area contributed by atoms with Crippen molar-refractivity contribution in [1.29, 1.82) is 0 Å². The van der Waals surface area contributed by atoms with Gasteiger partial charge in [-0.05, 0) is 74.4 Å². The molecule has 0 aliphatic carbocycles. The van der Waals surface area contributed by atoms with E-state index in [-0.39, 0.29) is 29.6 Å². The molecule has 0 saturated carbocycles. The van der Waals surface area contributed by atoms with Gasteiger partial charge < -0.3 is 27.6 Å². The van der Waals surface area contributed by atoms with Crippen LogP contribution in [0.5, 0.6) is 0 Å². The van der Waals surface area contributed by atoms with E-state index in [4.69, 9.17) is 33.9 Å². The molecular formula is C24H32BN4NaO2S2. The number of imidazole rings is 2. The minimum absolute atomic E-state index is 0. The summed E-state index contributed by atoms with van der Waals surface area (Å²) >= 11 is 11.3. The van der Waals surface area contributed by atoms with Gasteiger partial charge >= 0.3 is 29.6 Å². The summed E-state index contributed by atoms with van der Waals surface area (Å²) in [6.07, 6.45) is 5.11. The number of nitrogens with zero attached hydrogens (tertiary/aromatic N) is 4. The number of hydrogen-bond acceptors (Lipinski definition) is 4. The molecule has 2 aliphatic rings. The molecule has 176 valence electrons. The van der Waals surface area contributed by atoms with Gasteiger partial charge in [-0.15, -0.1) is 0 Å². The fourth-order valence-corrected chi connectivity index (χ4v) is 5.09. The Kier molecular flexibility index (Phi) is 10.6. The van der Waals surface area contributed by atoms with Crippen LogP contribution in [0.2, 0.25) is 0 Å². The van der Waals surface area contributed by atoms with E-state index in [1.165, 1.54) is 36.7 Å². The molecule has 4 aromatic rings. The molecule has 2 aromatic carbocycles. The number of para-hydroxylation sites is 4. The third-order valence-corrected chi connectivity index (χ3v) is 7.51. The zero-order chi connectivity index (χ0) is 23.2. The summed E-state index contributed by atoms with van der Waals surface area (Å²) in [6, 6.07) is 16.7. The summed E-state index contributed by atoms with van der Waals surface area (Å²) < 4.78 is 20.2. The van der Waals surface area contributed by atoms with Crippen molar-refractivity contribution in [3.05, 3.63) is 58.1 Å². The van der Waals surface area contributed by atoms with E-state index in [2.05, 4.69) is 54.5 Å². The van der Waals surface area contributed by atoms with Gasteiger partial charge in [0.1, 0.15) is 9.54 Å². The van der Waals surface area contributed by atoms with E-state index in [0.717, 1.165) is 47.0 Å². The van der Waals surface area contributed by atoms with Crippen LogP contribution in [0.25, 0.3) is 22.1 Å². The van der Waals surface area contributed by atoms with Crippen LogP contribution >= 0.6 is 24.4 Å². The Morgan fingerprint density at radius 3 is 1.24 bits per heavy atom. The van der Waals surface area contributed by atoms with Gasteiger partial charge in [-0.3, -0.25) is 0 Å². The molecule has 0 unspecified atom stereocenters. The molecule has 0 spiro atoms. The van der Waals surface area contributed by atoms with Gasteiger partial charge in [0.25, 0.3) is 0 Å². The third kappa shape index (κ3) is 6.13. The monoisotopic (exact) mass is 506 g/mol. The van der Waals surface area contributed by atoms with Crippen LogP contribution in [0.3, 0.4) is 0 Å². The quantitative estimate of drug-likeness (QED) is 0.307. The summed E-state index contributed by atoms with van der Waals surface area (Å²) in [7, 11) is 3.29. The van der Waals surface area contributed by atoms with Crippen molar-refractivity contribution in [2.75, 3.05) is 26.4 Å². The predicted octanol–water partition coefficient (Wildman–Crippen LogP) is 1.72. The number of hydrogen-bond donors (Lipinski definition) is 0. The molecule has 0 amide bonds. The molecule has 34 heavy (non-hydrogen) atoms. The molecule has 6 rings (SSSR count). The van der Waals surface area contributed by atoms with E-state index in [0.29, 0.717) is 0 Å². The molecule has 2 fully saturated rings. The maximum absolute atomic E-state index is 5.67. The summed E-state index contributed by atoms with van der Waals surface area (Å²) in [5.74, 6) is 0. The second-order valence-corrected chi connectivity index (χ2v) is 9.35. The number of fused-ring (bicyclic) bond motifs is 2. The molecule has 0 atom stereocenters. The predicted molar refractivity (Wildman–Crippen MR) is 143 cm³/mol. The zero-order valence-electron chi connectivity index (χ0n) is 20.7. The van der Waals surface area contributed by atoms with Crippen LogP contribution < -0.4 is 29.6 Å². The Labute approximate surface area is 234 Å². The Bertz CT molecular complexity index is 1220. The fourth-order valence-electron chi connectivity index (χ4n) is 4.53. The summed E-state index contributed by atoms with van der Waals surface area (Å²) in [4.78, 5) is 0. The van der Waals surface area contributed by atoms with Gasteiger partial charge in [-0.25, -0.2) is 0 Å². The number of benzene rings is 2. The van der Waals surface area contributed by atoms with E-state index in [9.17, 15) is 0 Å². The van der Waals surface area contributed by atoms with Gasteiger partial charge in [0.15, 0.2) is 7.55 Å². The normalized spacial score (nSPS) is 14.9. The standard InChI is InChI=1S/C16H16BN4S2.2C4H8O.Na/c1-18-11-7-3-5-9-13(11)20(15(18)22)17-21-14-10-6-4-8-12(14)19(2)16(21)23;2*1-2-4-5-3-1;/h3-10H,17H2,1-2H3;2*1-4H2;/q-1;;;+1. The van der Waals surface area contributed by atoms with Crippen molar-refractivity contribution in [2.45, 2.75) is 25.7 Å². The fraction of sp³-hybridized carbons (Fsp3) is 0.417. The van der Waals surface area contributed by atoms with Gasteiger partial charge in [0.2, 0.25) is 0 Å². The molecule has 6 nitrogen and oxygen atoms in total. The topological polar surface area (TPSA) is 38.2 Å². The first-order valence-electron chi connectivity index (χ1n) is 11.8. The Hall–Kier alpha value is -1.20. The van der Waals surface area contributed by atoms with E-state index >= 15 is 0 Å². The largest absolute Gasteiger partial charge is 1.00 e. The van der Waals surface area contributed by atoms with Gasteiger partial charge in [0.05, 0.1) is 11.0 Å². The first-order valence-corrected chi connectivity index (χ1v) is 12.6. The summed E-state index contributed by atoms with van der Waals surface area (Å²) in [6.45, 7) is 4.00. The van der Waals surface area contributed by atoms with E-state index < -0.39 is 7.55 Å². The minimum Gasteiger partial charge on any atom is -0.479 e.